The third kappa shape index (κ3) is 4.34. The molecule has 17 heavy (non-hydrogen) atoms. The van der Waals surface area contributed by atoms with Crippen LogP contribution in [0.3, 0.4) is 0 Å². The minimum atomic E-state index is 0.270. The molecule has 1 nitrogen and oxygen atoms in total. The van der Waals surface area contributed by atoms with Crippen LogP contribution in [-0.2, 0) is 0 Å². The van der Waals surface area contributed by atoms with Gasteiger partial charge in [0.05, 0.1) is 10.0 Å². The highest BCUT2D eigenvalue weighted by atomic mass is 35.5. The summed E-state index contributed by atoms with van der Waals surface area (Å²) in [5.74, 6) is 0. The molecule has 1 aromatic rings. The van der Waals surface area contributed by atoms with Gasteiger partial charge in [-0.25, -0.2) is 0 Å². The van der Waals surface area contributed by atoms with Gasteiger partial charge in [0.2, 0.25) is 0 Å². The lowest BCUT2D eigenvalue weighted by molar-refractivity contribution is 0.500. The molecule has 0 amide bonds. The summed E-state index contributed by atoms with van der Waals surface area (Å²) >= 11 is 12.3. The van der Waals surface area contributed by atoms with Crippen molar-refractivity contribution < 1.29 is 0 Å². The van der Waals surface area contributed by atoms with Crippen LogP contribution in [0, 0.1) is 0 Å². The van der Waals surface area contributed by atoms with Crippen LogP contribution in [0.25, 0.3) is 0 Å². The molecule has 1 atom stereocenters. The lowest BCUT2D eigenvalue weighted by atomic mass is 10.0. The van der Waals surface area contributed by atoms with E-state index in [1.807, 2.05) is 24.3 Å². The second-order valence-corrected chi connectivity index (χ2v) is 4.76. The van der Waals surface area contributed by atoms with Gasteiger partial charge in [-0.1, -0.05) is 48.3 Å². The Kier molecular flexibility index (Phi) is 6.64. The van der Waals surface area contributed by atoms with Gasteiger partial charge >= 0.3 is 0 Å². The van der Waals surface area contributed by atoms with Crippen LogP contribution < -0.4 is 5.32 Å². The molecule has 0 fully saturated rings. The van der Waals surface area contributed by atoms with Crippen LogP contribution in [0.5, 0.6) is 0 Å². The normalized spacial score (nSPS) is 12.4. The fourth-order valence-electron chi connectivity index (χ4n) is 1.87. The van der Waals surface area contributed by atoms with Crippen molar-refractivity contribution in [2.75, 3.05) is 6.54 Å². The fourth-order valence-corrected chi connectivity index (χ4v) is 2.31. The van der Waals surface area contributed by atoms with Gasteiger partial charge < -0.3 is 5.32 Å². The van der Waals surface area contributed by atoms with E-state index >= 15 is 0 Å². The maximum Gasteiger partial charge on any atom is 0.0640 e. The van der Waals surface area contributed by atoms with Crippen LogP contribution in [0.1, 0.15) is 37.8 Å². The van der Waals surface area contributed by atoms with Crippen molar-refractivity contribution in [3.8, 4) is 0 Å². The van der Waals surface area contributed by atoms with Crippen molar-refractivity contribution in [1.29, 1.82) is 0 Å². The number of hydrogen-bond donors (Lipinski definition) is 1. The number of hydrogen-bond acceptors (Lipinski definition) is 1. The van der Waals surface area contributed by atoms with Gasteiger partial charge in [-0.3, -0.25) is 0 Å². The zero-order chi connectivity index (χ0) is 12.7. The minimum absolute atomic E-state index is 0.270. The molecule has 1 unspecified atom stereocenters. The molecule has 1 rings (SSSR count). The molecule has 94 valence electrons. The van der Waals surface area contributed by atoms with Crippen molar-refractivity contribution in [3.05, 3.63) is 46.5 Å². The Hall–Kier alpha value is -0.500. The average Bonchev–Trinajstić information content (AvgIpc) is 2.32. The summed E-state index contributed by atoms with van der Waals surface area (Å²) in [4.78, 5) is 0. The lowest BCUT2D eigenvalue weighted by Gasteiger charge is -2.19. The molecule has 1 aromatic carbocycles. The molecule has 3 heteroatoms. The second-order valence-electron chi connectivity index (χ2n) is 3.97. The molecule has 0 aliphatic heterocycles. The van der Waals surface area contributed by atoms with Gasteiger partial charge in [0, 0.05) is 6.04 Å². The highest BCUT2D eigenvalue weighted by Crippen LogP contribution is 2.32. The van der Waals surface area contributed by atoms with Crippen LogP contribution >= 0.6 is 23.2 Å². The van der Waals surface area contributed by atoms with E-state index in [1.165, 1.54) is 0 Å². The fraction of sp³-hybridized carbons (Fsp3) is 0.429. The Labute approximate surface area is 114 Å². The predicted molar refractivity (Wildman–Crippen MR) is 76.9 cm³/mol. The summed E-state index contributed by atoms with van der Waals surface area (Å²) in [7, 11) is 0. The summed E-state index contributed by atoms with van der Waals surface area (Å²) < 4.78 is 0. The van der Waals surface area contributed by atoms with Crippen LogP contribution in [0.15, 0.2) is 30.9 Å². The van der Waals surface area contributed by atoms with Gasteiger partial charge in [-0.2, -0.15) is 0 Å². The first-order valence-electron chi connectivity index (χ1n) is 5.98. The molecule has 0 radical (unpaired) electrons. The molecule has 0 bridgehead atoms. The van der Waals surface area contributed by atoms with Gasteiger partial charge in [-0.15, -0.1) is 6.58 Å². The van der Waals surface area contributed by atoms with E-state index in [1.54, 1.807) is 0 Å². The zero-order valence-corrected chi connectivity index (χ0v) is 11.7. The van der Waals surface area contributed by atoms with Crippen LogP contribution in [-0.4, -0.2) is 6.54 Å². The van der Waals surface area contributed by atoms with E-state index < -0.39 is 0 Å². The highest BCUT2D eigenvalue weighted by Gasteiger charge is 2.14. The third-order valence-electron chi connectivity index (χ3n) is 2.71. The van der Waals surface area contributed by atoms with E-state index in [4.69, 9.17) is 23.2 Å². The van der Waals surface area contributed by atoms with E-state index in [0.29, 0.717) is 10.0 Å². The molecular formula is C14H19Cl2N. The number of halogens is 2. The van der Waals surface area contributed by atoms with Gasteiger partial charge in [0.1, 0.15) is 0 Å². The molecule has 0 spiro atoms. The molecular weight excluding hydrogens is 253 g/mol. The Morgan fingerprint density at radius 1 is 1.41 bits per heavy atom. The zero-order valence-electron chi connectivity index (χ0n) is 10.2. The number of unbranched alkanes of at least 4 members (excludes halogenated alkanes) is 1. The molecule has 0 aliphatic rings. The lowest BCUT2D eigenvalue weighted by Crippen LogP contribution is -2.21. The highest BCUT2D eigenvalue weighted by molar-refractivity contribution is 6.42. The minimum Gasteiger partial charge on any atom is -0.310 e. The number of allylic oxidation sites excluding steroid dienone is 1. The van der Waals surface area contributed by atoms with Crippen LogP contribution in [0.4, 0.5) is 0 Å². The molecule has 0 aromatic heterocycles. The molecule has 0 aliphatic carbocycles. The summed E-state index contributed by atoms with van der Waals surface area (Å²) in [6.07, 6.45) is 5.12. The predicted octanol–water partition coefficient (Wildman–Crippen LogP) is 5.00. The summed E-state index contributed by atoms with van der Waals surface area (Å²) in [5, 5.41) is 4.74. The number of benzene rings is 1. The van der Waals surface area contributed by atoms with Gasteiger partial charge in [-0.05, 0) is 37.4 Å². The SMILES string of the molecule is C=CCCCC(NCC)c1cccc(Cl)c1Cl. The summed E-state index contributed by atoms with van der Waals surface area (Å²) in [6.45, 7) is 6.75. The largest absolute Gasteiger partial charge is 0.310 e. The monoisotopic (exact) mass is 271 g/mol. The Bertz CT molecular complexity index is 363. The Morgan fingerprint density at radius 3 is 2.82 bits per heavy atom. The van der Waals surface area contributed by atoms with Crippen molar-refractivity contribution >= 4 is 23.2 Å². The van der Waals surface area contributed by atoms with Crippen molar-refractivity contribution in [2.45, 2.75) is 32.2 Å². The topological polar surface area (TPSA) is 12.0 Å². The van der Waals surface area contributed by atoms with Crippen molar-refractivity contribution in [3.63, 3.8) is 0 Å². The standard InChI is InChI=1S/C14H19Cl2N/c1-3-5-6-10-13(17-4-2)11-8-7-9-12(15)14(11)16/h3,7-9,13,17H,1,4-6,10H2,2H3. The third-order valence-corrected chi connectivity index (χ3v) is 3.54. The summed E-state index contributed by atoms with van der Waals surface area (Å²) in [5.41, 5.74) is 1.09. The van der Waals surface area contributed by atoms with Crippen molar-refractivity contribution in [1.82, 2.24) is 5.32 Å². The molecule has 0 heterocycles. The molecule has 0 saturated heterocycles. The quantitative estimate of drug-likeness (QED) is 0.544. The maximum atomic E-state index is 6.24. The maximum absolute atomic E-state index is 6.24. The Morgan fingerprint density at radius 2 is 2.18 bits per heavy atom. The van der Waals surface area contributed by atoms with Gasteiger partial charge in [0.15, 0.2) is 0 Å². The smallest absolute Gasteiger partial charge is 0.0640 e. The first-order chi connectivity index (χ1) is 8.20. The summed E-state index contributed by atoms with van der Waals surface area (Å²) in [6, 6.07) is 6.07. The average molecular weight is 272 g/mol. The van der Waals surface area contributed by atoms with Crippen molar-refractivity contribution in [2.24, 2.45) is 0 Å². The van der Waals surface area contributed by atoms with E-state index in [0.717, 1.165) is 31.4 Å². The molecule has 1 N–H and O–H groups in total. The van der Waals surface area contributed by atoms with E-state index in [2.05, 4.69) is 18.8 Å². The number of rotatable bonds is 7. The first-order valence-corrected chi connectivity index (χ1v) is 6.74. The van der Waals surface area contributed by atoms with Gasteiger partial charge in [0.25, 0.3) is 0 Å². The van der Waals surface area contributed by atoms with E-state index in [9.17, 15) is 0 Å². The van der Waals surface area contributed by atoms with Crippen LogP contribution in [0.2, 0.25) is 10.0 Å². The van der Waals surface area contributed by atoms with E-state index in [-0.39, 0.29) is 6.04 Å². The second kappa shape index (κ2) is 7.75. The number of nitrogens with one attached hydrogen (secondary N) is 1. The molecule has 0 saturated carbocycles. The Balaban J connectivity index is 2.81. The first kappa shape index (κ1) is 14.6.